The van der Waals surface area contributed by atoms with Crippen molar-refractivity contribution >= 4 is 60.2 Å². The number of benzene rings is 10. The zero-order valence-corrected chi connectivity index (χ0v) is 29.2. The molecule has 0 radical (unpaired) electrons. The lowest BCUT2D eigenvalue weighted by atomic mass is 9.97. The van der Waals surface area contributed by atoms with Crippen LogP contribution in [0, 0.1) is 0 Å². The molecule has 1 nitrogen and oxygen atoms in total. The number of rotatable bonds is 6. The molecule has 0 saturated carbocycles. The van der Waals surface area contributed by atoms with Crippen LogP contribution in [0.15, 0.2) is 212 Å². The third-order valence-corrected chi connectivity index (χ3v) is 10.6. The lowest BCUT2D eigenvalue weighted by Crippen LogP contribution is -2.10. The van der Waals surface area contributed by atoms with Gasteiger partial charge in [0, 0.05) is 16.8 Å². The van der Waals surface area contributed by atoms with Gasteiger partial charge in [-0.2, -0.15) is 0 Å². The second-order valence-corrected chi connectivity index (χ2v) is 13.8. The number of fused-ring (bicyclic) bond motifs is 6. The van der Waals surface area contributed by atoms with E-state index in [0.717, 1.165) is 17.1 Å². The largest absolute Gasteiger partial charge is 0.310 e. The Morgan fingerprint density at radius 2 is 0.623 bits per heavy atom. The van der Waals surface area contributed by atoms with Crippen LogP contribution in [0.4, 0.5) is 17.1 Å². The van der Waals surface area contributed by atoms with Gasteiger partial charge < -0.3 is 4.90 Å². The van der Waals surface area contributed by atoms with E-state index in [0.29, 0.717) is 0 Å². The van der Waals surface area contributed by atoms with Crippen LogP contribution in [0.1, 0.15) is 0 Å². The van der Waals surface area contributed by atoms with Gasteiger partial charge in [-0.1, -0.05) is 176 Å². The van der Waals surface area contributed by atoms with Crippen molar-refractivity contribution < 1.29 is 0 Å². The summed E-state index contributed by atoms with van der Waals surface area (Å²) in [6, 6.07) is 77.2. The highest BCUT2D eigenvalue weighted by Gasteiger charge is 2.18. The number of anilines is 3. The highest BCUT2D eigenvalue weighted by molar-refractivity contribution is 6.14. The summed E-state index contributed by atoms with van der Waals surface area (Å²) in [6.45, 7) is 0. The van der Waals surface area contributed by atoms with E-state index in [1.165, 1.54) is 76.5 Å². The number of hydrogen-bond acceptors (Lipinski definition) is 1. The monoisotopic (exact) mass is 673 g/mol. The molecule has 0 saturated heterocycles. The fourth-order valence-electron chi connectivity index (χ4n) is 7.93. The molecule has 0 aliphatic heterocycles. The Morgan fingerprint density at radius 3 is 1.26 bits per heavy atom. The molecule has 1 heteroatoms. The summed E-state index contributed by atoms with van der Waals surface area (Å²) >= 11 is 0. The van der Waals surface area contributed by atoms with Crippen LogP contribution in [0.5, 0.6) is 0 Å². The van der Waals surface area contributed by atoms with E-state index >= 15 is 0 Å². The van der Waals surface area contributed by atoms with Crippen molar-refractivity contribution in [2.24, 2.45) is 0 Å². The fraction of sp³-hybridized carbons (Fsp3) is 0. The topological polar surface area (TPSA) is 3.24 Å². The van der Waals surface area contributed by atoms with Crippen molar-refractivity contribution in [3.05, 3.63) is 212 Å². The Bertz CT molecular complexity index is 2910. The minimum Gasteiger partial charge on any atom is -0.310 e. The average Bonchev–Trinajstić information content (AvgIpc) is 3.24. The maximum atomic E-state index is 2.41. The van der Waals surface area contributed by atoms with Crippen LogP contribution >= 0.6 is 0 Å². The number of hydrogen-bond donors (Lipinski definition) is 0. The summed E-state index contributed by atoms with van der Waals surface area (Å²) in [5, 5.41) is 10.1. The van der Waals surface area contributed by atoms with E-state index in [9.17, 15) is 0 Å². The first-order valence-electron chi connectivity index (χ1n) is 18.3. The lowest BCUT2D eigenvalue weighted by Gasteiger charge is -2.28. The molecule has 0 unspecified atom stereocenters. The van der Waals surface area contributed by atoms with Crippen molar-refractivity contribution in [2.75, 3.05) is 4.90 Å². The van der Waals surface area contributed by atoms with Crippen LogP contribution in [0.25, 0.3) is 76.5 Å². The standard InChI is InChI=1S/C52H35N/c1-2-10-36(11-3-1)37-18-20-38(21-19-37)39-24-29-45(30-25-39)53(52-35-43-13-5-7-15-48(43)50-16-8-9-17-51(50)52)46-31-26-40(27-32-46)42-28-33-49-44(34-42)23-22-41-12-4-6-14-47(41)49/h1-35H. The second-order valence-electron chi connectivity index (χ2n) is 13.8. The Hall–Kier alpha value is -6.96. The average molecular weight is 674 g/mol. The van der Waals surface area contributed by atoms with Gasteiger partial charge in [0.25, 0.3) is 0 Å². The first-order valence-corrected chi connectivity index (χ1v) is 18.3. The first-order chi connectivity index (χ1) is 26.3. The van der Waals surface area contributed by atoms with Crippen LogP contribution in [-0.4, -0.2) is 0 Å². The second kappa shape index (κ2) is 13.0. The van der Waals surface area contributed by atoms with E-state index in [1.54, 1.807) is 0 Å². The third-order valence-electron chi connectivity index (χ3n) is 10.6. The van der Waals surface area contributed by atoms with Crippen molar-refractivity contribution in [3.63, 3.8) is 0 Å². The molecule has 10 aromatic rings. The Labute approximate surface area is 309 Å². The SMILES string of the molecule is c1ccc(-c2ccc(-c3ccc(N(c4ccc(-c5ccc6c(ccc7ccccc76)c5)cc4)c4cc5ccccc5c5ccccc45)cc3)cc2)cc1. The first kappa shape index (κ1) is 30.8. The molecule has 0 amide bonds. The predicted octanol–water partition coefficient (Wildman–Crippen LogP) is 14.8. The number of nitrogens with zero attached hydrogens (tertiary/aromatic N) is 1. The third kappa shape index (κ3) is 5.60. The summed E-state index contributed by atoms with van der Waals surface area (Å²) in [5.74, 6) is 0. The summed E-state index contributed by atoms with van der Waals surface area (Å²) < 4.78 is 0. The summed E-state index contributed by atoms with van der Waals surface area (Å²) in [4.78, 5) is 2.41. The Kier molecular flexibility index (Phi) is 7.55. The molecule has 248 valence electrons. The summed E-state index contributed by atoms with van der Waals surface area (Å²) in [6.07, 6.45) is 0. The fourth-order valence-corrected chi connectivity index (χ4v) is 7.93. The minimum absolute atomic E-state index is 1.11. The molecule has 0 aliphatic carbocycles. The minimum atomic E-state index is 1.11. The van der Waals surface area contributed by atoms with Gasteiger partial charge in [-0.3, -0.25) is 0 Å². The van der Waals surface area contributed by atoms with Crippen LogP contribution < -0.4 is 4.90 Å². The van der Waals surface area contributed by atoms with E-state index in [1.807, 2.05) is 0 Å². The van der Waals surface area contributed by atoms with Crippen LogP contribution in [0.3, 0.4) is 0 Å². The van der Waals surface area contributed by atoms with Gasteiger partial charge in [0.1, 0.15) is 0 Å². The van der Waals surface area contributed by atoms with Gasteiger partial charge in [-0.25, -0.2) is 0 Å². The van der Waals surface area contributed by atoms with Gasteiger partial charge in [0.2, 0.25) is 0 Å². The van der Waals surface area contributed by atoms with Gasteiger partial charge in [0.15, 0.2) is 0 Å². The van der Waals surface area contributed by atoms with Crippen molar-refractivity contribution in [1.82, 2.24) is 0 Å². The zero-order chi connectivity index (χ0) is 35.1. The molecule has 0 heterocycles. The van der Waals surface area contributed by atoms with Gasteiger partial charge in [0.05, 0.1) is 5.69 Å². The van der Waals surface area contributed by atoms with Crippen molar-refractivity contribution in [2.45, 2.75) is 0 Å². The molecule has 10 rings (SSSR count). The molecule has 0 fully saturated rings. The molecule has 0 bridgehead atoms. The Balaban J connectivity index is 1.06. The Morgan fingerprint density at radius 1 is 0.226 bits per heavy atom. The van der Waals surface area contributed by atoms with Crippen molar-refractivity contribution in [1.29, 1.82) is 0 Å². The molecule has 0 spiro atoms. The quantitative estimate of drug-likeness (QED) is 0.159. The molecule has 0 atom stereocenters. The molecular formula is C52H35N. The summed E-state index contributed by atoms with van der Waals surface area (Å²) in [7, 11) is 0. The molecule has 0 aromatic heterocycles. The molecule has 53 heavy (non-hydrogen) atoms. The van der Waals surface area contributed by atoms with E-state index in [-0.39, 0.29) is 0 Å². The van der Waals surface area contributed by atoms with Gasteiger partial charge in [-0.15, -0.1) is 0 Å². The predicted molar refractivity (Wildman–Crippen MR) is 227 cm³/mol. The van der Waals surface area contributed by atoms with Crippen molar-refractivity contribution in [3.8, 4) is 33.4 Å². The van der Waals surface area contributed by atoms with E-state index < -0.39 is 0 Å². The molecule has 0 N–H and O–H groups in total. The van der Waals surface area contributed by atoms with E-state index in [2.05, 4.69) is 217 Å². The normalized spacial score (nSPS) is 11.4. The van der Waals surface area contributed by atoms with Gasteiger partial charge >= 0.3 is 0 Å². The molecular weight excluding hydrogens is 639 g/mol. The summed E-state index contributed by atoms with van der Waals surface area (Å²) in [5.41, 5.74) is 10.6. The van der Waals surface area contributed by atoms with E-state index in [4.69, 9.17) is 0 Å². The van der Waals surface area contributed by atoms with Gasteiger partial charge in [-0.05, 0) is 107 Å². The maximum absolute atomic E-state index is 2.41. The molecule has 0 aliphatic rings. The van der Waals surface area contributed by atoms with Crippen LogP contribution in [-0.2, 0) is 0 Å². The highest BCUT2D eigenvalue weighted by atomic mass is 15.1. The zero-order valence-electron chi connectivity index (χ0n) is 29.2. The smallest absolute Gasteiger partial charge is 0.0546 e. The maximum Gasteiger partial charge on any atom is 0.0546 e. The van der Waals surface area contributed by atoms with Crippen LogP contribution in [0.2, 0.25) is 0 Å². The molecule has 10 aromatic carbocycles. The highest BCUT2D eigenvalue weighted by Crippen LogP contribution is 2.43. The lowest BCUT2D eigenvalue weighted by molar-refractivity contribution is 1.30.